The summed E-state index contributed by atoms with van der Waals surface area (Å²) in [5.74, 6) is -2.53. The Morgan fingerprint density at radius 3 is 1.44 bits per heavy atom. The summed E-state index contributed by atoms with van der Waals surface area (Å²) in [6, 6.07) is 15.1. The van der Waals surface area contributed by atoms with Crippen LogP contribution in [0.5, 0.6) is 11.5 Å². The van der Waals surface area contributed by atoms with Gasteiger partial charge in [-0.05, 0) is 121 Å². The van der Waals surface area contributed by atoms with Crippen molar-refractivity contribution in [1.29, 1.82) is 10.8 Å². The number of carbonyl (C=O) groups excluding carboxylic acids is 2. The number of methoxy groups -OCH3 is 2. The first-order valence-corrected chi connectivity index (χ1v) is 27.3. The molecule has 23 nitrogen and oxygen atoms in total. The van der Waals surface area contributed by atoms with Crippen molar-refractivity contribution in [3.05, 3.63) is 197 Å². The number of ether oxygens (including phenoxy) is 4. The molecule has 0 unspecified atom stereocenters. The molecule has 23 heteroatoms. The van der Waals surface area contributed by atoms with Crippen LogP contribution in [0.25, 0.3) is 16.7 Å². The Labute approximate surface area is 491 Å². The van der Waals surface area contributed by atoms with Gasteiger partial charge in [0, 0.05) is 96.5 Å². The van der Waals surface area contributed by atoms with Gasteiger partial charge in [0.15, 0.2) is 62.0 Å². The van der Waals surface area contributed by atoms with E-state index in [4.69, 9.17) is 56.2 Å². The Hall–Kier alpha value is -10.7. The van der Waals surface area contributed by atoms with Crippen LogP contribution >= 0.6 is 0 Å². The first-order chi connectivity index (χ1) is 41.0. The SMILES string of the molecule is COC(=O)[C@H](CCCNC(=N)N)N=C(O)COc1cc(OCC(O)=N[C@@H](CCCNC(=N)N)C(=O)OC)cc(C2=C3C=CC(=N3)C(=C3C=CN(C)C=C3)C3=NC(=C(c4cc[n+](C)cc4)c4ccc([nH]4)C(c4cc[n+](C)cc4)=C4C=CC2=N4)C=C3)c1. The summed E-state index contributed by atoms with van der Waals surface area (Å²) in [6.07, 6.45) is 28.8. The lowest BCUT2D eigenvalue weighted by Crippen LogP contribution is -2.32. The molecule has 2 atom stereocenters. The van der Waals surface area contributed by atoms with Gasteiger partial charge in [0.2, 0.25) is 11.8 Å². The van der Waals surface area contributed by atoms with Gasteiger partial charge in [0.25, 0.3) is 0 Å². The number of aromatic amines is 1. The first-order valence-electron chi connectivity index (χ1n) is 27.3. The summed E-state index contributed by atoms with van der Waals surface area (Å²) in [6.45, 7) is -0.440. The Morgan fingerprint density at radius 2 is 1.02 bits per heavy atom. The zero-order valence-electron chi connectivity index (χ0n) is 47.7. The average molecular weight is 1150 g/mol. The molecule has 8 heterocycles. The van der Waals surface area contributed by atoms with Crippen LogP contribution in [0.2, 0.25) is 0 Å². The van der Waals surface area contributed by atoms with Crippen molar-refractivity contribution in [3.8, 4) is 11.5 Å². The van der Waals surface area contributed by atoms with Crippen molar-refractivity contribution < 1.29 is 47.9 Å². The number of nitrogens with one attached hydrogen (secondary N) is 5. The van der Waals surface area contributed by atoms with E-state index in [-0.39, 0.29) is 49.3 Å². The second-order valence-electron chi connectivity index (χ2n) is 20.1. The molecule has 4 aromatic rings. The molecule has 9 rings (SSSR count). The third-order valence-corrected chi connectivity index (χ3v) is 13.9. The number of aryl methyl sites for hydroxylation is 2. The van der Waals surface area contributed by atoms with Gasteiger partial charge < -0.3 is 61.1 Å². The van der Waals surface area contributed by atoms with Crippen molar-refractivity contribution in [2.24, 2.45) is 50.5 Å². The van der Waals surface area contributed by atoms with Crippen molar-refractivity contribution in [2.45, 2.75) is 37.8 Å². The topological polar surface area (TPSA) is 324 Å². The van der Waals surface area contributed by atoms with Gasteiger partial charge in [-0.15, -0.1) is 0 Å². The van der Waals surface area contributed by atoms with Crippen LogP contribution in [0.1, 0.15) is 53.8 Å². The number of aromatic nitrogens is 3. The number of pyridine rings is 2. The maximum absolute atomic E-state index is 12.8. The fourth-order valence-electron chi connectivity index (χ4n) is 9.74. The largest absolute Gasteiger partial charge is 0.494 e. The summed E-state index contributed by atoms with van der Waals surface area (Å²) in [7, 11) is 8.33. The second-order valence-corrected chi connectivity index (χ2v) is 20.1. The number of nitrogens with zero attached hydrogens (tertiary/aromatic N) is 8. The van der Waals surface area contributed by atoms with E-state index in [2.05, 4.69) is 43.8 Å². The molecule has 0 saturated heterocycles. The quantitative estimate of drug-likeness (QED) is 0.0171. The molecule has 436 valence electrons. The van der Waals surface area contributed by atoms with E-state index in [9.17, 15) is 19.8 Å². The average Bonchev–Trinajstić information content (AvgIpc) is 2.28. The summed E-state index contributed by atoms with van der Waals surface area (Å²) in [5.41, 5.74) is 22.5. The number of hydrogen-bond donors (Lipinski definition) is 9. The number of allylic oxidation sites excluding steroid dienone is 11. The lowest BCUT2D eigenvalue weighted by molar-refractivity contribution is -0.671. The Morgan fingerprint density at radius 1 is 0.612 bits per heavy atom. The minimum absolute atomic E-state index is 0.160. The van der Waals surface area contributed by atoms with E-state index >= 15 is 0 Å². The molecule has 5 aliphatic rings. The van der Waals surface area contributed by atoms with Gasteiger partial charge in [-0.3, -0.25) is 10.8 Å². The van der Waals surface area contributed by atoms with Crippen molar-refractivity contribution >= 4 is 69.5 Å². The van der Waals surface area contributed by atoms with Gasteiger partial charge in [0.05, 0.1) is 48.4 Å². The number of aliphatic imine (C=N–C) groups is 5. The molecule has 0 fully saturated rings. The number of aliphatic hydroxyl groups is 2. The fraction of sp³-hybridized carbons (Fsp3) is 0.242. The number of H-pyrrole nitrogens is 1. The summed E-state index contributed by atoms with van der Waals surface area (Å²) in [4.78, 5) is 56.2. The number of fused-ring (bicyclic) bond motifs is 5. The number of esters is 2. The van der Waals surface area contributed by atoms with Crippen molar-refractivity contribution in [1.82, 2.24) is 20.5 Å². The molecule has 0 aliphatic carbocycles. The zero-order valence-corrected chi connectivity index (χ0v) is 47.7. The van der Waals surface area contributed by atoms with Crippen LogP contribution in [-0.4, -0.2) is 133 Å². The Bertz CT molecular complexity index is 3660. The van der Waals surface area contributed by atoms with Gasteiger partial charge in [-0.1, -0.05) is 0 Å². The highest BCUT2D eigenvalue weighted by molar-refractivity contribution is 6.36. The van der Waals surface area contributed by atoms with E-state index in [1.165, 1.54) is 20.3 Å². The minimum atomic E-state index is -1.10. The number of benzene rings is 1. The number of guanidine groups is 2. The van der Waals surface area contributed by atoms with Gasteiger partial charge in [-0.25, -0.2) is 43.7 Å². The molecule has 0 saturated carbocycles. The highest BCUT2D eigenvalue weighted by atomic mass is 16.5. The van der Waals surface area contributed by atoms with E-state index in [1.807, 2.05) is 139 Å². The lowest BCUT2D eigenvalue weighted by atomic mass is 9.97. The summed E-state index contributed by atoms with van der Waals surface area (Å²) in [5, 5.41) is 42.8. The molecule has 1 aromatic carbocycles. The normalized spacial score (nSPS) is 16.2. The van der Waals surface area contributed by atoms with Crippen LogP contribution in [0, 0.1) is 10.8 Å². The van der Waals surface area contributed by atoms with Gasteiger partial charge in [0.1, 0.15) is 25.6 Å². The van der Waals surface area contributed by atoms with Crippen LogP contribution in [0.3, 0.4) is 0 Å². The Kier molecular flexibility index (Phi) is 18.7. The highest BCUT2D eigenvalue weighted by Crippen LogP contribution is 2.39. The maximum atomic E-state index is 12.8. The molecular weight excluding hydrogens is 1080 g/mol. The summed E-state index contributed by atoms with van der Waals surface area (Å²) >= 11 is 0. The molecule has 5 aliphatic heterocycles. The van der Waals surface area contributed by atoms with Crippen molar-refractivity contribution in [3.63, 3.8) is 0 Å². The minimum Gasteiger partial charge on any atom is -0.494 e. The highest BCUT2D eigenvalue weighted by Gasteiger charge is 2.29. The summed E-state index contributed by atoms with van der Waals surface area (Å²) < 4.78 is 26.5. The monoisotopic (exact) mass is 1150 g/mol. The number of hydrogen-bond acceptors (Lipinski definition) is 14. The standard InChI is InChI=1S/C62H65N15O8/c1-75-26-18-37(19-27-75)55-43-10-12-45(69-43)56(38-20-28-76(2)29-21-38)47-14-16-49(71-47)58(50-17-15-48(72-50)57(46-13-11-44(55)70-46)39-22-30-77(3)31-23-39)40-32-41(84-35-53(78)73-51(59(80)82-4)8-6-24-67-61(63)64)34-42(33-40)85-36-54(79)74-52(60(81)83-5)9-7-25-68-62(65)66/h10-23,26-34,51-52H,6-9,24-25,35-36H2,1-5H3,(H9-2,63,64,65,66,67,68,69,70,71,72,73,74,78,79)/p+2/t51-,52-/m0/s1. The molecule has 3 aromatic heterocycles. The molecule has 11 N–H and O–H groups in total. The number of aliphatic hydroxyl groups excluding tert-OH is 2. The third kappa shape index (κ3) is 14.7. The van der Waals surface area contributed by atoms with E-state index < -0.39 is 49.0 Å². The van der Waals surface area contributed by atoms with Crippen LogP contribution in [0.4, 0.5) is 0 Å². The molecule has 8 bridgehead atoms. The fourth-order valence-corrected chi connectivity index (χ4v) is 9.74. The van der Waals surface area contributed by atoms with Gasteiger partial charge >= 0.3 is 11.9 Å². The van der Waals surface area contributed by atoms with E-state index in [1.54, 1.807) is 12.1 Å². The number of rotatable bonds is 21. The van der Waals surface area contributed by atoms with Crippen molar-refractivity contribution in [2.75, 3.05) is 47.6 Å². The smallest absolute Gasteiger partial charge is 0.330 e. The van der Waals surface area contributed by atoms with E-state index in [0.29, 0.717) is 52.5 Å². The predicted octanol–water partition coefficient (Wildman–Crippen LogP) is 5.19. The second kappa shape index (κ2) is 26.9. The zero-order chi connectivity index (χ0) is 60.1. The Balaban J connectivity index is 1.21. The predicted molar refractivity (Wildman–Crippen MR) is 325 cm³/mol. The number of carbonyl (C=O) groups is 2. The van der Waals surface area contributed by atoms with Crippen LogP contribution < -0.4 is 40.7 Å². The molecular formula is C62H67N15O8+2. The molecule has 0 spiro atoms. The van der Waals surface area contributed by atoms with Crippen LogP contribution in [0.15, 0.2) is 194 Å². The van der Waals surface area contributed by atoms with Crippen LogP contribution in [-0.2, 0) is 33.2 Å². The number of nitrogens with two attached hydrogens (primary N) is 2. The van der Waals surface area contributed by atoms with E-state index in [0.717, 1.165) is 50.5 Å². The molecule has 0 radical (unpaired) electrons. The molecule has 0 amide bonds. The maximum Gasteiger partial charge on any atom is 0.330 e. The van der Waals surface area contributed by atoms with Gasteiger partial charge in [-0.2, -0.15) is 0 Å². The third-order valence-electron chi connectivity index (χ3n) is 13.9. The molecule has 85 heavy (non-hydrogen) atoms. The first kappa shape index (κ1) is 58.9. The lowest BCUT2D eigenvalue weighted by Gasteiger charge is -2.16.